The molecule has 6 nitrogen and oxygen atoms in total. The van der Waals surface area contributed by atoms with Crippen LogP contribution in [0.4, 0.5) is 0 Å². The molecule has 7 heteroatoms. The van der Waals surface area contributed by atoms with E-state index in [-0.39, 0.29) is 12.5 Å². The van der Waals surface area contributed by atoms with Crippen LogP contribution in [0.3, 0.4) is 0 Å². The highest BCUT2D eigenvalue weighted by atomic mass is 79.9. The molecule has 0 fully saturated rings. The quantitative estimate of drug-likeness (QED) is 0.660. The summed E-state index contributed by atoms with van der Waals surface area (Å²) in [7, 11) is 1.48. The fourth-order valence-corrected chi connectivity index (χ4v) is 2.89. The maximum atomic E-state index is 12.3. The van der Waals surface area contributed by atoms with Crippen LogP contribution in [0.5, 0.6) is 5.75 Å². The van der Waals surface area contributed by atoms with Crippen molar-refractivity contribution in [1.82, 2.24) is 15.4 Å². The van der Waals surface area contributed by atoms with E-state index in [0.717, 1.165) is 15.4 Å². The summed E-state index contributed by atoms with van der Waals surface area (Å²) in [6.07, 6.45) is 1.84. The first-order chi connectivity index (χ1) is 12.1. The SMILES string of the molecule is COc1ccc(Br)cc1C(=O)NNC(=O)Cn1ccc2ccccc21. The maximum absolute atomic E-state index is 12.3. The van der Waals surface area contributed by atoms with Crippen molar-refractivity contribution in [3.05, 3.63) is 64.8 Å². The van der Waals surface area contributed by atoms with Gasteiger partial charge < -0.3 is 9.30 Å². The van der Waals surface area contributed by atoms with Crippen molar-refractivity contribution in [2.45, 2.75) is 6.54 Å². The Bertz CT molecular complexity index is 936. The molecule has 0 bridgehead atoms. The molecule has 0 aliphatic heterocycles. The summed E-state index contributed by atoms with van der Waals surface area (Å²) in [4.78, 5) is 24.4. The van der Waals surface area contributed by atoms with Crippen LogP contribution in [0, 0.1) is 0 Å². The molecular formula is C18H16BrN3O3. The first-order valence-corrected chi connectivity index (χ1v) is 8.34. The number of nitrogens with zero attached hydrogens (tertiary/aromatic N) is 1. The van der Waals surface area contributed by atoms with Crippen molar-refractivity contribution in [1.29, 1.82) is 0 Å². The zero-order chi connectivity index (χ0) is 17.8. The smallest absolute Gasteiger partial charge is 0.273 e. The number of nitrogens with one attached hydrogen (secondary N) is 2. The van der Waals surface area contributed by atoms with Gasteiger partial charge >= 0.3 is 0 Å². The lowest BCUT2D eigenvalue weighted by molar-refractivity contribution is -0.122. The summed E-state index contributed by atoms with van der Waals surface area (Å²) in [5, 5.41) is 1.05. The average Bonchev–Trinajstić information content (AvgIpc) is 3.02. The molecule has 3 aromatic rings. The maximum Gasteiger partial charge on any atom is 0.273 e. The second-order valence-electron chi connectivity index (χ2n) is 5.35. The number of aromatic nitrogens is 1. The van der Waals surface area contributed by atoms with Crippen LogP contribution in [0.25, 0.3) is 10.9 Å². The van der Waals surface area contributed by atoms with Crippen molar-refractivity contribution < 1.29 is 14.3 Å². The Hall–Kier alpha value is -2.80. The zero-order valence-corrected chi connectivity index (χ0v) is 15.0. The predicted octanol–water partition coefficient (Wildman–Crippen LogP) is 2.87. The van der Waals surface area contributed by atoms with Crippen LogP contribution in [0.2, 0.25) is 0 Å². The number of ether oxygens (including phenoxy) is 1. The van der Waals surface area contributed by atoms with E-state index in [1.807, 2.05) is 41.1 Å². The van der Waals surface area contributed by atoms with Crippen LogP contribution >= 0.6 is 15.9 Å². The Morgan fingerprint density at radius 3 is 2.72 bits per heavy atom. The largest absolute Gasteiger partial charge is 0.496 e. The lowest BCUT2D eigenvalue weighted by Crippen LogP contribution is -2.43. The van der Waals surface area contributed by atoms with Gasteiger partial charge in [0.2, 0.25) is 0 Å². The first kappa shape index (κ1) is 17.0. The van der Waals surface area contributed by atoms with E-state index in [4.69, 9.17) is 4.74 Å². The van der Waals surface area contributed by atoms with E-state index in [1.54, 1.807) is 18.2 Å². The van der Waals surface area contributed by atoms with Crippen LogP contribution in [0.15, 0.2) is 59.2 Å². The Morgan fingerprint density at radius 1 is 1.12 bits per heavy atom. The molecule has 0 radical (unpaired) electrons. The van der Waals surface area contributed by atoms with Gasteiger partial charge in [-0.25, -0.2) is 0 Å². The highest BCUT2D eigenvalue weighted by molar-refractivity contribution is 9.10. The third-order valence-corrected chi connectivity index (χ3v) is 4.21. The van der Waals surface area contributed by atoms with Gasteiger partial charge in [0.05, 0.1) is 12.7 Å². The number of carbonyl (C=O) groups excluding carboxylic acids is 2. The van der Waals surface area contributed by atoms with Gasteiger partial charge in [0, 0.05) is 16.2 Å². The fraction of sp³-hybridized carbons (Fsp3) is 0.111. The lowest BCUT2D eigenvalue weighted by atomic mass is 10.2. The molecule has 0 unspecified atom stereocenters. The van der Waals surface area contributed by atoms with Gasteiger partial charge in [0.1, 0.15) is 12.3 Å². The summed E-state index contributed by atoms with van der Waals surface area (Å²) < 4.78 is 7.72. The molecule has 128 valence electrons. The number of halogens is 1. The number of rotatable bonds is 4. The number of benzene rings is 2. The number of methoxy groups -OCH3 is 1. The summed E-state index contributed by atoms with van der Waals surface area (Å²) in [6.45, 7) is 0.101. The number of fused-ring (bicyclic) bond motifs is 1. The first-order valence-electron chi connectivity index (χ1n) is 7.55. The Balaban J connectivity index is 1.64. The minimum atomic E-state index is -0.455. The number of hydrazine groups is 1. The number of hydrogen-bond donors (Lipinski definition) is 2. The van der Waals surface area contributed by atoms with Crippen molar-refractivity contribution in [3.63, 3.8) is 0 Å². The minimum absolute atomic E-state index is 0.101. The molecule has 0 aliphatic carbocycles. The Labute approximate surface area is 152 Å². The molecule has 0 atom stereocenters. The van der Waals surface area contributed by atoms with Gasteiger partial charge in [-0.2, -0.15) is 0 Å². The van der Waals surface area contributed by atoms with Crippen LogP contribution in [-0.4, -0.2) is 23.5 Å². The number of amides is 2. The summed E-state index contributed by atoms with van der Waals surface area (Å²) in [5.74, 6) is -0.362. The minimum Gasteiger partial charge on any atom is -0.496 e. The molecule has 0 spiro atoms. The van der Waals surface area contributed by atoms with E-state index in [1.165, 1.54) is 7.11 Å². The third kappa shape index (κ3) is 3.83. The van der Waals surface area contributed by atoms with Gasteiger partial charge in [-0.05, 0) is 35.7 Å². The standard InChI is InChI=1S/C18H16BrN3O3/c1-25-16-7-6-13(19)10-14(16)18(24)21-20-17(23)11-22-9-8-12-4-2-3-5-15(12)22/h2-10H,11H2,1H3,(H,20,23)(H,21,24). The monoisotopic (exact) mass is 401 g/mol. The lowest BCUT2D eigenvalue weighted by Gasteiger charge is -2.11. The summed E-state index contributed by atoms with van der Waals surface area (Å²) in [5.41, 5.74) is 6.11. The van der Waals surface area contributed by atoms with Gasteiger partial charge in [0.15, 0.2) is 0 Å². The molecule has 0 saturated carbocycles. The van der Waals surface area contributed by atoms with Crippen molar-refractivity contribution in [3.8, 4) is 5.75 Å². The normalized spacial score (nSPS) is 10.5. The second kappa shape index (κ2) is 7.40. The number of hydrogen-bond acceptors (Lipinski definition) is 3. The van der Waals surface area contributed by atoms with Crippen molar-refractivity contribution in [2.24, 2.45) is 0 Å². The second-order valence-corrected chi connectivity index (χ2v) is 6.27. The van der Waals surface area contributed by atoms with Gasteiger partial charge in [0.25, 0.3) is 11.8 Å². The van der Waals surface area contributed by atoms with E-state index in [2.05, 4.69) is 26.8 Å². The highest BCUT2D eigenvalue weighted by Gasteiger charge is 2.14. The van der Waals surface area contributed by atoms with E-state index >= 15 is 0 Å². The van der Waals surface area contributed by atoms with E-state index in [0.29, 0.717) is 11.3 Å². The summed E-state index contributed by atoms with van der Waals surface area (Å²) >= 11 is 3.31. The molecule has 25 heavy (non-hydrogen) atoms. The third-order valence-electron chi connectivity index (χ3n) is 3.72. The predicted molar refractivity (Wildman–Crippen MR) is 98.2 cm³/mol. The van der Waals surface area contributed by atoms with E-state index in [9.17, 15) is 9.59 Å². The van der Waals surface area contributed by atoms with Gasteiger partial charge in [-0.3, -0.25) is 20.4 Å². The van der Waals surface area contributed by atoms with Crippen molar-refractivity contribution in [2.75, 3.05) is 7.11 Å². The molecule has 0 aliphatic rings. The molecule has 2 amide bonds. The molecule has 2 N–H and O–H groups in total. The molecule has 1 heterocycles. The van der Waals surface area contributed by atoms with Crippen LogP contribution in [0.1, 0.15) is 10.4 Å². The van der Waals surface area contributed by atoms with Gasteiger partial charge in [-0.1, -0.05) is 34.1 Å². The van der Waals surface area contributed by atoms with Crippen LogP contribution < -0.4 is 15.6 Å². The molecule has 3 rings (SSSR count). The molecule has 2 aromatic carbocycles. The molecule has 1 aromatic heterocycles. The molecule has 0 saturated heterocycles. The molecular weight excluding hydrogens is 386 g/mol. The summed E-state index contributed by atoms with van der Waals surface area (Å²) in [6, 6.07) is 14.8. The average molecular weight is 402 g/mol. The number of para-hydroxylation sites is 1. The van der Waals surface area contributed by atoms with Crippen molar-refractivity contribution >= 4 is 38.6 Å². The highest BCUT2D eigenvalue weighted by Crippen LogP contribution is 2.22. The topological polar surface area (TPSA) is 72.4 Å². The Morgan fingerprint density at radius 2 is 1.92 bits per heavy atom. The van der Waals surface area contributed by atoms with Gasteiger partial charge in [-0.15, -0.1) is 0 Å². The zero-order valence-electron chi connectivity index (χ0n) is 13.5. The fourth-order valence-electron chi connectivity index (χ4n) is 2.52. The number of carbonyl (C=O) groups is 2. The van der Waals surface area contributed by atoms with Crippen LogP contribution in [-0.2, 0) is 11.3 Å². The van der Waals surface area contributed by atoms with E-state index < -0.39 is 5.91 Å². The Kier molecular flexibility index (Phi) is 5.04.